The first kappa shape index (κ1) is 19.3. The molecular formula is C21H33NO5. The molecular weight excluding hydrogens is 346 g/mol. The molecule has 0 aromatic carbocycles. The van der Waals surface area contributed by atoms with Gasteiger partial charge in [-0.2, -0.15) is 0 Å². The molecule has 6 nitrogen and oxygen atoms in total. The van der Waals surface area contributed by atoms with Gasteiger partial charge in [0.2, 0.25) is 0 Å². The molecule has 4 N–H and O–H groups in total. The molecule has 6 heteroatoms. The number of carbonyl (C=O) groups excluding carboxylic acids is 1. The Hall–Kier alpha value is -0.980. The third-order valence-electron chi connectivity index (χ3n) is 9.23. The van der Waals surface area contributed by atoms with Gasteiger partial charge in [0.25, 0.3) is 0 Å². The SMILES string of the molecule is C[C@]12CC[C@@H](O)C[C@H]1CC[C@@H]1[C@@H]2C(=O)C[C@@]2(C)[C@H]1CC[C@]2(O)/C(CO)=N\O. The summed E-state index contributed by atoms with van der Waals surface area (Å²) in [6.45, 7) is 3.68. The van der Waals surface area contributed by atoms with E-state index in [9.17, 15) is 25.3 Å². The van der Waals surface area contributed by atoms with Crippen molar-refractivity contribution in [1.82, 2.24) is 0 Å². The molecule has 0 saturated heterocycles. The first-order chi connectivity index (χ1) is 12.7. The maximum Gasteiger partial charge on any atom is 0.137 e. The van der Waals surface area contributed by atoms with Crippen molar-refractivity contribution in [2.45, 2.75) is 76.9 Å². The highest BCUT2D eigenvalue weighted by atomic mass is 16.4. The zero-order valence-corrected chi connectivity index (χ0v) is 16.4. The van der Waals surface area contributed by atoms with Gasteiger partial charge in [0.05, 0.1) is 12.7 Å². The number of ketones is 1. The first-order valence-corrected chi connectivity index (χ1v) is 10.5. The topological polar surface area (TPSA) is 110 Å². The number of Topliss-reactive ketones (excluding diaryl/α,β-unsaturated/α-hetero) is 1. The zero-order chi connectivity index (χ0) is 19.6. The van der Waals surface area contributed by atoms with Gasteiger partial charge in [-0.15, -0.1) is 0 Å². The van der Waals surface area contributed by atoms with Crippen LogP contribution in [0.2, 0.25) is 0 Å². The summed E-state index contributed by atoms with van der Waals surface area (Å²) < 4.78 is 0. The summed E-state index contributed by atoms with van der Waals surface area (Å²) in [5, 5.41) is 43.7. The van der Waals surface area contributed by atoms with Gasteiger partial charge in [-0.3, -0.25) is 4.79 Å². The monoisotopic (exact) mass is 379 g/mol. The number of fused-ring (bicyclic) bond motifs is 5. The zero-order valence-electron chi connectivity index (χ0n) is 16.4. The van der Waals surface area contributed by atoms with Crippen LogP contribution in [0.25, 0.3) is 0 Å². The van der Waals surface area contributed by atoms with E-state index in [0.717, 1.165) is 38.5 Å². The quantitative estimate of drug-likeness (QED) is 0.334. The number of rotatable bonds is 2. The van der Waals surface area contributed by atoms with Crippen molar-refractivity contribution in [3.05, 3.63) is 0 Å². The van der Waals surface area contributed by atoms with Crippen LogP contribution < -0.4 is 0 Å². The predicted octanol–water partition coefficient (Wildman–Crippen LogP) is 2.12. The Morgan fingerprint density at radius 1 is 1.19 bits per heavy atom. The van der Waals surface area contributed by atoms with E-state index in [0.29, 0.717) is 12.3 Å². The van der Waals surface area contributed by atoms with Crippen LogP contribution in [0, 0.1) is 34.5 Å². The molecule has 0 bridgehead atoms. The Bertz CT molecular complexity index is 665. The Kier molecular flexibility index (Phi) is 4.48. The average Bonchev–Trinajstić information content (AvgIpc) is 2.88. The van der Waals surface area contributed by atoms with Crippen molar-refractivity contribution in [1.29, 1.82) is 0 Å². The highest BCUT2D eigenvalue weighted by Crippen LogP contribution is 2.67. The Morgan fingerprint density at radius 2 is 1.93 bits per heavy atom. The molecule has 4 fully saturated rings. The molecule has 4 aliphatic carbocycles. The maximum absolute atomic E-state index is 13.5. The van der Waals surface area contributed by atoms with Crippen molar-refractivity contribution in [3.63, 3.8) is 0 Å². The molecule has 4 aliphatic rings. The molecule has 0 aliphatic heterocycles. The number of hydrogen-bond donors (Lipinski definition) is 4. The molecule has 0 spiro atoms. The maximum atomic E-state index is 13.5. The van der Waals surface area contributed by atoms with Crippen molar-refractivity contribution < 1.29 is 25.3 Å². The number of hydrogen-bond acceptors (Lipinski definition) is 6. The van der Waals surface area contributed by atoms with Gasteiger partial charge in [-0.05, 0) is 68.1 Å². The van der Waals surface area contributed by atoms with E-state index < -0.39 is 17.6 Å². The predicted molar refractivity (Wildman–Crippen MR) is 99.4 cm³/mol. The molecule has 0 aromatic rings. The summed E-state index contributed by atoms with van der Waals surface area (Å²) in [6, 6.07) is 0. The third-order valence-corrected chi connectivity index (χ3v) is 9.23. The van der Waals surface area contributed by atoms with Gasteiger partial charge in [-0.25, -0.2) is 0 Å². The number of nitrogens with zero attached hydrogens (tertiary/aromatic N) is 1. The van der Waals surface area contributed by atoms with Crippen LogP contribution in [0.5, 0.6) is 0 Å². The normalized spacial score (nSPS) is 52.9. The van der Waals surface area contributed by atoms with E-state index in [2.05, 4.69) is 12.1 Å². The number of carbonyl (C=O) groups is 1. The van der Waals surface area contributed by atoms with Crippen LogP contribution in [0.15, 0.2) is 5.16 Å². The van der Waals surface area contributed by atoms with E-state index in [-0.39, 0.29) is 47.2 Å². The van der Waals surface area contributed by atoms with Crippen molar-refractivity contribution in [2.24, 2.45) is 39.7 Å². The number of aliphatic hydroxyl groups excluding tert-OH is 2. The molecule has 27 heavy (non-hydrogen) atoms. The molecule has 152 valence electrons. The fourth-order valence-corrected chi connectivity index (χ4v) is 7.77. The van der Waals surface area contributed by atoms with Crippen molar-refractivity contribution in [2.75, 3.05) is 6.61 Å². The largest absolute Gasteiger partial charge is 0.411 e. The van der Waals surface area contributed by atoms with Crippen LogP contribution in [-0.4, -0.2) is 50.3 Å². The Balaban J connectivity index is 1.71. The van der Waals surface area contributed by atoms with E-state index in [4.69, 9.17) is 0 Å². The summed E-state index contributed by atoms with van der Waals surface area (Å²) in [5.74, 6) is 0.993. The van der Waals surface area contributed by atoms with Crippen LogP contribution >= 0.6 is 0 Å². The summed E-state index contributed by atoms with van der Waals surface area (Å²) in [6.07, 6.45) is 5.64. The highest BCUT2D eigenvalue weighted by molar-refractivity contribution is 5.96. The van der Waals surface area contributed by atoms with Gasteiger partial charge in [0.15, 0.2) is 0 Å². The highest BCUT2D eigenvalue weighted by Gasteiger charge is 2.68. The number of oxime groups is 1. The van der Waals surface area contributed by atoms with Crippen LogP contribution in [0.1, 0.15) is 65.2 Å². The van der Waals surface area contributed by atoms with Crippen LogP contribution in [0.4, 0.5) is 0 Å². The summed E-state index contributed by atoms with van der Waals surface area (Å²) in [5.41, 5.74) is -2.21. The van der Waals surface area contributed by atoms with Crippen molar-refractivity contribution >= 4 is 11.5 Å². The van der Waals surface area contributed by atoms with E-state index >= 15 is 0 Å². The second-order valence-corrected chi connectivity index (χ2v) is 10.1. The molecule has 0 aromatic heterocycles. The van der Waals surface area contributed by atoms with E-state index in [1.54, 1.807) is 0 Å². The molecule has 4 rings (SSSR count). The Labute approximate surface area is 160 Å². The summed E-state index contributed by atoms with van der Waals surface area (Å²) in [4.78, 5) is 13.5. The minimum atomic E-state index is -1.43. The van der Waals surface area contributed by atoms with Crippen LogP contribution in [0.3, 0.4) is 0 Å². The fourth-order valence-electron chi connectivity index (χ4n) is 7.77. The third kappa shape index (κ3) is 2.42. The lowest BCUT2D eigenvalue weighted by molar-refractivity contribution is -0.168. The Morgan fingerprint density at radius 3 is 2.59 bits per heavy atom. The fraction of sp³-hybridized carbons (Fsp3) is 0.905. The van der Waals surface area contributed by atoms with E-state index in [1.807, 2.05) is 6.92 Å². The van der Waals surface area contributed by atoms with Gasteiger partial charge >= 0.3 is 0 Å². The summed E-state index contributed by atoms with van der Waals surface area (Å²) in [7, 11) is 0. The smallest absolute Gasteiger partial charge is 0.137 e. The lowest BCUT2D eigenvalue weighted by atomic mass is 9.44. The summed E-state index contributed by atoms with van der Waals surface area (Å²) >= 11 is 0. The molecule has 8 atom stereocenters. The number of aliphatic hydroxyl groups is 3. The standard InChI is InChI=1S/C21H33NO5/c1-19-7-5-13(24)9-12(19)3-4-14-15-6-8-21(26,17(11-23)22-27)20(15,2)10-16(25)18(14)19/h12-15,18,23-24,26-27H,3-11H2,1-2H3/b22-17-/t12-,13-,14+,15+,18-,19+,20+,21+/m1/s1. The first-order valence-electron chi connectivity index (χ1n) is 10.5. The second kappa shape index (κ2) is 6.26. The van der Waals surface area contributed by atoms with Gasteiger partial charge in [0, 0.05) is 17.8 Å². The van der Waals surface area contributed by atoms with Gasteiger partial charge < -0.3 is 20.5 Å². The van der Waals surface area contributed by atoms with E-state index in [1.165, 1.54) is 0 Å². The second-order valence-electron chi connectivity index (χ2n) is 10.1. The lowest BCUT2D eigenvalue weighted by Crippen LogP contribution is -2.62. The van der Waals surface area contributed by atoms with Gasteiger partial charge in [0.1, 0.15) is 17.1 Å². The lowest BCUT2D eigenvalue weighted by Gasteiger charge is -2.60. The molecule has 0 amide bonds. The van der Waals surface area contributed by atoms with Gasteiger partial charge in [-0.1, -0.05) is 19.0 Å². The molecule has 4 saturated carbocycles. The molecule has 0 heterocycles. The minimum Gasteiger partial charge on any atom is -0.411 e. The average molecular weight is 379 g/mol. The van der Waals surface area contributed by atoms with Crippen molar-refractivity contribution in [3.8, 4) is 0 Å². The molecule has 0 radical (unpaired) electrons. The minimum absolute atomic E-state index is 0.00665. The van der Waals surface area contributed by atoms with Crippen LogP contribution in [-0.2, 0) is 4.79 Å². The molecule has 0 unspecified atom stereocenters.